The van der Waals surface area contributed by atoms with E-state index in [1.165, 1.54) is 0 Å². The third kappa shape index (κ3) is 2.97. The van der Waals surface area contributed by atoms with Crippen molar-refractivity contribution in [3.8, 4) is 17.1 Å². The lowest BCUT2D eigenvalue weighted by Gasteiger charge is -2.01. The molecule has 1 aromatic heterocycles. The van der Waals surface area contributed by atoms with Crippen molar-refractivity contribution < 1.29 is 4.74 Å². The summed E-state index contributed by atoms with van der Waals surface area (Å²) in [6.07, 6.45) is 3.34. The third-order valence-corrected chi connectivity index (χ3v) is 3.01. The molecule has 3 aromatic rings. The molecule has 0 N–H and O–H groups in total. The predicted octanol–water partition coefficient (Wildman–Crippen LogP) is 2.84. The summed E-state index contributed by atoms with van der Waals surface area (Å²) in [4.78, 5) is 0. The fraction of sp³-hybridized carbons (Fsp3) is 0.0625. The Morgan fingerprint density at radius 3 is 2.52 bits per heavy atom. The van der Waals surface area contributed by atoms with Gasteiger partial charge in [-0.2, -0.15) is 9.78 Å². The number of ether oxygens (including phenoxy) is 1. The van der Waals surface area contributed by atoms with Crippen molar-refractivity contribution in [2.45, 2.75) is 0 Å². The van der Waals surface area contributed by atoms with Gasteiger partial charge in [-0.25, -0.2) is 0 Å². The molecule has 0 fully saturated rings. The van der Waals surface area contributed by atoms with E-state index in [1.54, 1.807) is 24.3 Å². The third-order valence-electron chi connectivity index (χ3n) is 3.01. The summed E-state index contributed by atoms with van der Waals surface area (Å²) >= 11 is 0. The molecule has 0 saturated carbocycles. The monoisotopic (exact) mass is 278 g/mol. The average molecular weight is 278 g/mol. The van der Waals surface area contributed by atoms with Crippen LogP contribution in [-0.4, -0.2) is 28.2 Å². The smallest absolute Gasteiger partial charge is 0.184 e. The van der Waals surface area contributed by atoms with Crippen LogP contribution in [0.5, 0.6) is 5.75 Å². The molecule has 2 aromatic carbocycles. The fourth-order valence-corrected chi connectivity index (χ4v) is 1.91. The van der Waals surface area contributed by atoms with E-state index in [2.05, 4.69) is 15.3 Å². The van der Waals surface area contributed by atoms with Gasteiger partial charge in [-0.1, -0.05) is 30.3 Å². The maximum atomic E-state index is 5.13. The number of rotatable bonds is 4. The number of nitrogens with zero attached hydrogens (tertiary/aromatic N) is 4. The molecule has 104 valence electrons. The van der Waals surface area contributed by atoms with Crippen LogP contribution in [0.2, 0.25) is 0 Å². The second-order valence-electron chi connectivity index (χ2n) is 4.38. The van der Waals surface area contributed by atoms with E-state index in [9.17, 15) is 0 Å². The molecule has 0 aliphatic heterocycles. The Balaban J connectivity index is 1.85. The molecule has 0 amide bonds. The van der Waals surface area contributed by atoms with Crippen LogP contribution >= 0.6 is 0 Å². The molecule has 0 radical (unpaired) electrons. The Morgan fingerprint density at radius 1 is 1.05 bits per heavy atom. The molecule has 0 aliphatic rings. The highest BCUT2D eigenvalue weighted by molar-refractivity contribution is 5.79. The van der Waals surface area contributed by atoms with Crippen LogP contribution in [0.25, 0.3) is 11.4 Å². The molecule has 0 bridgehead atoms. The number of benzene rings is 2. The minimum atomic E-state index is 0.709. The van der Waals surface area contributed by atoms with Gasteiger partial charge in [-0.3, -0.25) is 0 Å². The van der Waals surface area contributed by atoms with Crippen LogP contribution in [0.1, 0.15) is 5.56 Å². The number of methoxy groups -OCH3 is 1. The number of aromatic nitrogens is 3. The SMILES string of the molecule is COc1ccc(/C=N\n2cnnc2-c2ccccc2)cc1. The topological polar surface area (TPSA) is 52.3 Å². The minimum Gasteiger partial charge on any atom is -0.497 e. The molecular formula is C16H14N4O. The highest BCUT2D eigenvalue weighted by Gasteiger charge is 2.04. The Morgan fingerprint density at radius 2 is 1.81 bits per heavy atom. The maximum absolute atomic E-state index is 5.13. The summed E-state index contributed by atoms with van der Waals surface area (Å²) in [7, 11) is 1.65. The van der Waals surface area contributed by atoms with Crippen LogP contribution in [0.3, 0.4) is 0 Å². The number of hydrogen-bond donors (Lipinski definition) is 0. The fourth-order valence-electron chi connectivity index (χ4n) is 1.91. The quantitative estimate of drug-likeness (QED) is 0.689. The molecule has 3 rings (SSSR count). The zero-order chi connectivity index (χ0) is 14.5. The van der Waals surface area contributed by atoms with E-state index in [-0.39, 0.29) is 0 Å². The standard InChI is InChI=1S/C16H14N4O/c1-21-15-9-7-13(8-10-15)11-18-20-12-17-19-16(20)14-5-3-2-4-6-14/h2-12H,1H3/b18-11-. The average Bonchev–Trinajstić information content (AvgIpc) is 3.03. The normalized spacial score (nSPS) is 10.9. The zero-order valence-corrected chi connectivity index (χ0v) is 11.5. The summed E-state index contributed by atoms with van der Waals surface area (Å²) in [5.41, 5.74) is 1.95. The van der Waals surface area contributed by atoms with Crippen LogP contribution in [0, 0.1) is 0 Å². The van der Waals surface area contributed by atoms with Gasteiger partial charge in [0.05, 0.1) is 13.3 Å². The molecule has 0 spiro atoms. The maximum Gasteiger partial charge on any atom is 0.184 e. The van der Waals surface area contributed by atoms with Crippen LogP contribution < -0.4 is 4.74 Å². The van der Waals surface area contributed by atoms with E-state index >= 15 is 0 Å². The van der Waals surface area contributed by atoms with Crippen molar-refractivity contribution in [3.63, 3.8) is 0 Å². The van der Waals surface area contributed by atoms with E-state index in [0.717, 1.165) is 16.9 Å². The second-order valence-corrected chi connectivity index (χ2v) is 4.38. The first kappa shape index (κ1) is 13.1. The lowest BCUT2D eigenvalue weighted by Crippen LogP contribution is -1.93. The largest absolute Gasteiger partial charge is 0.497 e. The lowest BCUT2D eigenvalue weighted by molar-refractivity contribution is 0.415. The first-order valence-corrected chi connectivity index (χ1v) is 6.50. The van der Waals surface area contributed by atoms with E-state index < -0.39 is 0 Å². The second kappa shape index (κ2) is 6.00. The van der Waals surface area contributed by atoms with E-state index in [0.29, 0.717) is 5.82 Å². The first-order chi connectivity index (χ1) is 10.4. The summed E-state index contributed by atoms with van der Waals surface area (Å²) in [6.45, 7) is 0. The highest BCUT2D eigenvalue weighted by atomic mass is 16.5. The van der Waals surface area contributed by atoms with Gasteiger partial charge in [-0.15, -0.1) is 10.2 Å². The molecule has 0 unspecified atom stereocenters. The molecule has 0 atom stereocenters. The predicted molar refractivity (Wildman–Crippen MR) is 81.4 cm³/mol. The molecule has 21 heavy (non-hydrogen) atoms. The van der Waals surface area contributed by atoms with Crippen molar-refractivity contribution >= 4 is 6.21 Å². The Hall–Kier alpha value is -2.95. The molecule has 5 nitrogen and oxygen atoms in total. The van der Waals surface area contributed by atoms with Crippen LogP contribution in [-0.2, 0) is 0 Å². The van der Waals surface area contributed by atoms with Gasteiger partial charge in [0.25, 0.3) is 0 Å². The van der Waals surface area contributed by atoms with Gasteiger partial charge in [0.2, 0.25) is 0 Å². The zero-order valence-electron chi connectivity index (χ0n) is 11.5. The van der Waals surface area contributed by atoms with Crippen LogP contribution in [0.15, 0.2) is 66.0 Å². The first-order valence-electron chi connectivity index (χ1n) is 6.50. The van der Waals surface area contributed by atoms with Crippen molar-refractivity contribution in [1.29, 1.82) is 0 Å². The van der Waals surface area contributed by atoms with Crippen LogP contribution in [0.4, 0.5) is 0 Å². The van der Waals surface area contributed by atoms with Gasteiger partial charge < -0.3 is 4.74 Å². The van der Waals surface area contributed by atoms with Crippen molar-refractivity contribution in [1.82, 2.24) is 14.9 Å². The lowest BCUT2D eigenvalue weighted by atomic mass is 10.2. The van der Waals surface area contributed by atoms with Gasteiger partial charge in [0.1, 0.15) is 12.1 Å². The van der Waals surface area contributed by atoms with Crippen molar-refractivity contribution in [2.75, 3.05) is 7.11 Å². The summed E-state index contributed by atoms with van der Waals surface area (Å²) in [5.74, 6) is 1.53. The summed E-state index contributed by atoms with van der Waals surface area (Å²) in [6, 6.07) is 17.5. The Bertz CT molecular complexity index is 732. The van der Waals surface area contributed by atoms with Gasteiger partial charge in [-0.05, 0) is 29.8 Å². The summed E-state index contributed by atoms with van der Waals surface area (Å²) in [5, 5.41) is 12.4. The Labute approximate surface area is 122 Å². The van der Waals surface area contributed by atoms with Crippen molar-refractivity contribution in [2.24, 2.45) is 5.10 Å². The van der Waals surface area contributed by atoms with E-state index in [4.69, 9.17) is 4.74 Å². The van der Waals surface area contributed by atoms with Gasteiger partial charge in [0.15, 0.2) is 5.82 Å². The molecule has 5 heteroatoms. The Kier molecular flexibility index (Phi) is 3.73. The van der Waals surface area contributed by atoms with E-state index in [1.807, 2.05) is 54.6 Å². The molecular weight excluding hydrogens is 264 g/mol. The molecule has 1 heterocycles. The number of hydrogen-bond acceptors (Lipinski definition) is 4. The van der Waals surface area contributed by atoms with Gasteiger partial charge >= 0.3 is 0 Å². The molecule has 0 saturated heterocycles. The highest BCUT2D eigenvalue weighted by Crippen LogP contribution is 2.15. The summed E-state index contributed by atoms with van der Waals surface area (Å²) < 4.78 is 6.78. The van der Waals surface area contributed by atoms with Gasteiger partial charge in [0, 0.05) is 5.56 Å². The van der Waals surface area contributed by atoms with Crippen molar-refractivity contribution in [3.05, 3.63) is 66.5 Å². The molecule has 0 aliphatic carbocycles. The minimum absolute atomic E-state index is 0.709.